The summed E-state index contributed by atoms with van der Waals surface area (Å²) in [5, 5.41) is 3.52. The number of rotatable bonds is 4. The van der Waals surface area contributed by atoms with E-state index in [1.54, 1.807) is 55.8 Å². The van der Waals surface area contributed by atoms with Crippen LogP contribution in [0.4, 0.5) is 5.69 Å². The molecule has 2 aromatic carbocycles. The number of pyridine rings is 1. The molecule has 1 N–H and O–H groups in total. The molecule has 1 aliphatic heterocycles. The summed E-state index contributed by atoms with van der Waals surface area (Å²) >= 11 is 0. The number of amides is 3. The van der Waals surface area contributed by atoms with Crippen molar-refractivity contribution in [2.45, 2.75) is 13.0 Å². The molecule has 28 heavy (non-hydrogen) atoms. The summed E-state index contributed by atoms with van der Waals surface area (Å²) in [6, 6.07) is 12.6. The maximum atomic E-state index is 12.8. The first-order valence-electron chi connectivity index (χ1n) is 8.72. The number of hydrogen-bond donors (Lipinski definition) is 1. The molecule has 0 spiro atoms. The van der Waals surface area contributed by atoms with Crippen molar-refractivity contribution in [3.63, 3.8) is 0 Å². The Bertz CT molecular complexity index is 1090. The fourth-order valence-electron chi connectivity index (χ4n) is 3.34. The molecule has 0 saturated heterocycles. The van der Waals surface area contributed by atoms with Crippen molar-refractivity contribution >= 4 is 34.3 Å². The van der Waals surface area contributed by atoms with Gasteiger partial charge in [-0.1, -0.05) is 12.1 Å². The van der Waals surface area contributed by atoms with Gasteiger partial charge in [-0.15, -0.1) is 0 Å². The average Bonchev–Trinajstić information content (AvgIpc) is 2.98. The molecule has 0 aliphatic carbocycles. The van der Waals surface area contributed by atoms with Crippen LogP contribution in [0.1, 0.15) is 27.6 Å². The van der Waals surface area contributed by atoms with E-state index in [9.17, 15) is 14.4 Å². The van der Waals surface area contributed by atoms with Crippen molar-refractivity contribution < 1.29 is 19.1 Å². The lowest BCUT2D eigenvalue weighted by molar-refractivity contribution is -0.119. The van der Waals surface area contributed by atoms with Crippen LogP contribution in [0.5, 0.6) is 5.75 Å². The predicted molar refractivity (Wildman–Crippen MR) is 103 cm³/mol. The zero-order valence-corrected chi connectivity index (χ0v) is 15.3. The number of nitrogens with zero attached hydrogens (tertiary/aromatic N) is 2. The number of aromatic nitrogens is 1. The van der Waals surface area contributed by atoms with E-state index in [1.807, 2.05) is 6.07 Å². The third-order valence-electron chi connectivity index (χ3n) is 4.80. The van der Waals surface area contributed by atoms with Gasteiger partial charge in [0, 0.05) is 11.6 Å². The summed E-state index contributed by atoms with van der Waals surface area (Å²) in [6.07, 6.45) is 1.62. The van der Waals surface area contributed by atoms with Gasteiger partial charge in [0.15, 0.2) is 0 Å². The number of imide groups is 1. The number of methoxy groups -OCH3 is 1. The van der Waals surface area contributed by atoms with Crippen LogP contribution in [0.15, 0.2) is 54.7 Å². The van der Waals surface area contributed by atoms with Crippen LogP contribution in [0.2, 0.25) is 0 Å². The van der Waals surface area contributed by atoms with E-state index in [2.05, 4.69) is 10.3 Å². The normalized spacial score (nSPS) is 14.1. The molecular formula is C21H17N3O4. The number of nitrogens with one attached hydrogen (secondary N) is 1. The van der Waals surface area contributed by atoms with Gasteiger partial charge in [0.1, 0.15) is 11.8 Å². The number of carbonyl (C=O) groups is 3. The third kappa shape index (κ3) is 2.68. The smallest absolute Gasteiger partial charge is 0.262 e. The molecule has 0 radical (unpaired) electrons. The first-order valence-corrected chi connectivity index (χ1v) is 8.72. The Labute approximate surface area is 160 Å². The van der Waals surface area contributed by atoms with Gasteiger partial charge in [0.25, 0.3) is 11.8 Å². The molecule has 1 atom stereocenters. The predicted octanol–water partition coefficient (Wildman–Crippen LogP) is 2.87. The fraction of sp³-hybridized carbons (Fsp3) is 0.143. The molecule has 140 valence electrons. The van der Waals surface area contributed by atoms with Crippen molar-refractivity contribution in [1.29, 1.82) is 0 Å². The highest BCUT2D eigenvalue weighted by Crippen LogP contribution is 2.30. The quantitative estimate of drug-likeness (QED) is 0.709. The summed E-state index contributed by atoms with van der Waals surface area (Å²) in [7, 11) is 1.56. The number of carbonyl (C=O) groups excluding carboxylic acids is 3. The van der Waals surface area contributed by atoms with Crippen LogP contribution in [0, 0.1) is 0 Å². The van der Waals surface area contributed by atoms with Gasteiger partial charge in [-0.05, 0) is 43.3 Å². The second-order valence-corrected chi connectivity index (χ2v) is 6.41. The van der Waals surface area contributed by atoms with Crippen molar-refractivity contribution in [3.05, 3.63) is 65.9 Å². The van der Waals surface area contributed by atoms with E-state index >= 15 is 0 Å². The number of fused-ring (bicyclic) bond motifs is 2. The van der Waals surface area contributed by atoms with Crippen molar-refractivity contribution in [1.82, 2.24) is 9.88 Å². The van der Waals surface area contributed by atoms with E-state index in [-0.39, 0.29) is 0 Å². The molecule has 7 nitrogen and oxygen atoms in total. The molecule has 4 rings (SSSR count). The van der Waals surface area contributed by atoms with E-state index in [4.69, 9.17) is 4.74 Å². The number of ether oxygens (including phenoxy) is 1. The van der Waals surface area contributed by atoms with E-state index < -0.39 is 23.8 Å². The molecular weight excluding hydrogens is 358 g/mol. The van der Waals surface area contributed by atoms with E-state index in [0.29, 0.717) is 28.1 Å². The molecule has 0 bridgehead atoms. The number of anilines is 1. The van der Waals surface area contributed by atoms with Crippen LogP contribution in [-0.2, 0) is 4.79 Å². The minimum absolute atomic E-state index is 0.309. The van der Waals surface area contributed by atoms with E-state index in [1.165, 1.54) is 6.92 Å². The zero-order chi connectivity index (χ0) is 19.8. The van der Waals surface area contributed by atoms with Crippen LogP contribution < -0.4 is 10.1 Å². The van der Waals surface area contributed by atoms with Gasteiger partial charge >= 0.3 is 0 Å². The second-order valence-electron chi connectivity index (χ2n) is 6.41. The van der Waals surface area contributed by atoms with Gasteiger partial charge in [-0.25, -0.2) is 0 Å². The van der Waals surface area contributed by atoms with Crippen LogP contribution in [-0.4, -0.2) is 40.8 Å². The molecule has 1 aromatic heterocycles. The van der Waals surface area contributed by atoms with Crippen molar-refractivity contribution in [3.8, 4) is 5.75 Å². The SMILES string of the molecule is COc1ccc(NC(=O)[C@H](C)N2C(=O)c3ccccc3C2=O)c2ncccc12. The van der Waals surface area contributed by atoms with Crippen LogP contribution in [0.25, 0.3) is 10.9 Å². The molecule has 0 saturated carbocycles. The first kappa shape index (κ1) is 17.7. The summed E-state index contributed by atoms with van der Waals surface area (Å²) in [5.74, 6) is -0.789. The van der Waals surface area contributed by atoms with Gasteiger partial charge < -0.3 is 10.1 Å². The monoisotopic (exact) mass is 375 g/mol. The zero-order valence-electron chi connectivity index (χ0n) is 15.3. The maximum absolute atomic E-state index is 12.8. The Morgan fingerprint density at radius 3 is 2.36 bits per heavy atom. The standard InChI is InChI=1S/C21H17N3O4/c1-12(24-20(26)13-6-3-4-7-14(13)21(24)27)19(25)23-16-9-10-17(28-2)15-8-5-11-22-18(15)16/h3-12H,1-2H3,(H,23,25)/t12-/m0/s1. The third-order valence-corrected chi connectivity index (χ3v) is 4.80. The molecule has 1 aliphatic rings. The van der Waals surface area contributed by atoms with Gasteiger partial charge in [0.05, 0.1) is 29.4 Å². The topological polar surface area (TPSA) is 88.6 Å². The van der Waals surface area contributed by atoms with Crippen molar-refractivity contribution in [2.75, 3.05) is 12.4 Å². The Hall–Kier alpha value is -3.74. The lowest BCUT2D eigenvalue weighted by Gasteiger charge is -2.22. The Kier molecular flexibility index (Phi) is 4.27. The van der Waals surface area contributed by atoms with Gasteiger partial charge in [-0.2, -0.15) is 0 Å². The Morgan fingerprint density at radius 1 is 1.04 bits per heavy atom. The Morgan fingerprint density at radius 2 is 1.71 bits per heavy atom. The molecule has 0 fully saturated rings. The second kappa shape index (κ2) is 6.77. The highest BCUT2D eigenvalue weighted by Gasteiger charge is 2.40. The highest BCUT2D eigenvalue weighted by atomic mass is 16.5. The molecule has 3 amide bonds. The largest absolute Gasteiger partial charge is 0.496 e. The summed E-state index contributed by atoms with van der Waals surface area (Å²) in [4.78, 5) is 43.3. The summed E-state index contributed by atoms with van der Waals surface area (Å²) in [5.41, 5.74) is 1.65. The highest BCUT2D eigenvalue weighted by molar-refractivity contribution is 6.23. The van der Waals surface area contributed by atoms with Crippen LogP contribution >= 0.6 is 0 Å². The van der Waals surface area contributed by atoms with Crippen LogP contribution in [0.3, 0.4) is 0 Å². The lowest BCUT2D eigenvalue weighted by atomic mass is 10.1. The van der Waals surface area contributed by atoms with Gasteiger partial charge in [0.2, 0.25) is 5.91 Å². The molecule has 0 unspecified atom stereocenters. The average molecular weight is 375 g/mol. The minimum atomic E-state index is -0.978. The number of hydrogen-bond acceptors (Lipinski definition) is 5. The summed E-state index contributed by atoms with van der Waals surface area (Å²) in [6.45, 7) is 1.52. The lowest BCUT2D eigenvalue weighted by Crippen LogP contribution is -2.45. The first-order chi connectivity index (χ1) is 13.5. The molecule has 2 heterocycles. The van der Waals surface area contributed by atoms with Crippen molar-refractivity contribution in [2.24, 2.45) is 0 Å². The molecule has 3 aromatic rings. The number of benzene rings is 2. The molecule has 7 heteroatoms. The minimum Gasteiger partial charge on any atom is -0.496 e. The summed E-state index contributed by atoms with van der Waals surface area (Å²) < 4.78 is 5.33. The maximum Gasteiger partial charge on any atom is 0.262 e. The Balaban J connectivity index is 1.63. The van der Waals surface area contributed by atoms with E-state index in [0.717, 1.165) is 10.3 Å². The van der Waals surface area contributed by atoms with Gasteiger partial charge in [-0.3, -0.25) is 24.3 Å². The fourth-order valence-corrected chi connectivity index (χ4v) is 3.34.